The fraction of sp³-hybridized carbons (Fsp3) is 0.462. The Morgan fingerprint density at radius 2 is 1.60 bits per heavy atom. The smallest absolute Gasteiger partial charge is 0.231 e. The fourth-order valence-electron chi connectivity index (χ4n) is 1.40. The fourth-order valence-corrected chi connectivity index (χ4v) is 1.40. The van der Waals surface area contributed by atoms with E-state index >= 15 is 0 Å². The zero-order valence-electron chi connectivity index (χ0n) is 10.4. The molecule has 1 aromatic carbocycles. The normalized spacial score (nSPS) is 12.1. The zero-order valence-corrected chi connectivity index (χ0v) is 10.4. The van der Waals surface area contributed by atoms with Crippen LogP contribution in [0.25, 0.3) is 0 Å². The van der Waals surface area contributed by atoms with E-state index in [9.17, 15) is 4.79 Å². The van der Waals surface area contributed by atoms with Gasteiger partial charge in [0, 0.05) is 12.7 Å². The lowest BCUT2D eigenvalue weighted by Gasteiger charge is -2.08. The number of para-hydroxylation sites is 1. The molecule has 0 aromatic heterocycles. The summed E-state index contributed by atoms with van der Waals surface area (Å²) in [5.41, 5.74) is 2.19. The maximum atomic E-state index is 11.2. The van der Waals surface area contributed by atoms with Gasteiger partial charge in [-0.3, -0.25) is 4.79 Å². The van der Waals surface area contributed by atoms with Gasteiger partial charge in [0.05, 0.1) is 6.42 Å². The van der Waals surface area contributed by atoms with E-state index in [1.807, 2.05) is 59.0 Å². The second-order valence-electron chi connectivity index (χ2n) is 2.76. The predicted octanol–water partition coefficient (Wildman–Crippen LogP) is 3.26. The molecular weight excluding hydrogens is 186 g/mol. The number of anilines is 1. The molecule has 2 heteroatoms. The molecule has 0 unspecified atom stereocenters. The van der Waals surface area contributed by atoms with Gasteiger partial charge in [-0.15, -0.1) is 0 Å². The summed E-state index contributed by atoms with van der Waals surface area (Å²) in [6.45, 7) is 8.00. The van der Waals surface area contributed by atoms with E-state index in [0.717, 1.165) is 11.3 Å². The van der Waals surface area contributed by atoms with Crippen molar-refractivity contribution in [3.63, 3.8) is 0 Å². The van der Waals surface area contributed by atoms with Crippen LogP contribution in [-0.4, -0.2) is 13.0 Å². The quantitative estimate of drug-likeness (QED) is 0.639. The Kier molecular flexibility index (Phi) is 6.43. The van der Waals surface area contributed by atoms with Crippen molar-refractivity contribution in [2.45, 2.75) is 34.1 Å². The van der Waals surface area contributed by atoms with E-state index in [1.165, 1.54) is 0 Å². The van der Waals surface area contributed by atoms with Crippen molar-refractivity contribution in [3.8, 4) is 0 Å². The molecular formula is C13H21NO. The molecule has 1 aliphatic heterocycles. The van der Waals surface area contributed by atoms with Gasteiger partial charge in [0.2, 0.25) is 5.91 Å². The molecule has 0 bridgehead atoms. The number of amides is 1. The van der Waals surface area contributed by atoms with Crippen molar-refractivity contribution in [1.82, 2.24) is 0 Å². The molecule has 1 heterocycles. The second-order valence-corrected chi connectivity index (χ2v) is 2.76. The van der Waals surface area contributed by atoms with Gasteiger partial charge in [0.15, 0.2) is 0 Å². The van der Waals surface area contributed by atoms with E-state index < -0.39 is 0 Å². The maximum Gasteiger partial charge on any atom is 0.231 e. The Balaban J connectivity index is 0.000000442. The average Bonchev–Trinajstić information content (AvgIpc) is 2.61. The lowest BCUT2D eigenvalue weighted by atomic mass is 10.2. The first kappa shape index (κ1) is 13.7. The van der Waals surface area contributed by atoms with E-state index in [1.54, 1.807) is 4.90 Å². The summed E-state index contributed by atoms with van der Waals surface area (Å²) in [5.74, 6) is 0.186. The number of nitrogens with zero attached hydrogens (tertiary/aromatic N) is 1. The third-order valence-electron chi connectivity index (χ3n) is 2.07. The van der Waals surface area contributed by atoms with Crippen molar-refractivity contribution in [1.29, 1.82) is 0 Å². The molecule has 2 nitrogen and oxygen atoms in total. The molecule has 0 atom stereocenters. The van der Waals surface area contributed by atoms with E-state index in [-0.39, 0.29) is 5.91 Å². The first-order chi connectivity index (χ1) is 7.29. The van der Waals surface area contributed by atoms with Crippen molar-refractivity contribution < 1.29 is 4.79 Å². The topological polar surface area (TPSA) is 20.3 Å². The van der Waals surface area contributed by atoms with E-state index in [0.29, 0.717) is 6.42 Å². The minimum Gasteiger partial charge on any atom is -0.315 e. The standard InChI is InChI=1S/C9H9NO.2C2H6/c1-10-8-5-3-2-4-7(8)6-9(10)11;2*1-2/h2-5H,6H2,1H3;2*1-2H3. The second kappa shape index (κ2) is 7.04. The van der Waals surface area contributed by atoms with Crippen LogP contribution in [0.15, 0.2) is 24.3 Å². The van der Waals surface area contributed by atoms with Crippen molar-refractivity contribution in [3.05, 3.63) is 29.8 Å². The molecule has 15 heavy (non-hydrogen) atoms. The number of rotatable bonds is 0. The highest BCUT2D eigenvalue weighted by molar-refractivity contribution is 6.00. The number of hydrogen-bond donors (Lipinski definition) is 0. The summed E-state index contributed by atoms with van der Waals surface area (Å²) in [6.07, 6.45) is 0.562. The van der Waals surface area contributed by atoms with Crippen LogP contribution in [0.2, 0.25) is 0 Å². The van der Waals surface area contributed by atoms with E-state index in [4.69, 9.17) is 0 Å². The molecule has 0 radical (unpaired) electrons. The van der Waals surface area contributed by atoms with Crippen LogP contribution >= 0.6 is 0 Å². The van der Waals surface area contributed by atoms with Crippen LogP contribution < -0.4 is 4.90 Å². The highest BCUT2D eigenvalue weighted by Gasteiger charge is 2.22. The highest BCUT2D eigenvalue weighted by Crippen LogP contribution is 2.26. The molecule has 0 saturated heterocycles. The third-order valence-corrected chi connectivity index (χ3v) is 2.07. The van der Waals surface area contributed by atoms with Crippen LogP contribution in [0.4, 0.5) is 5.69 Å². The Hall–Kier alpha value is -1.31. The van der Waals surface area contributed by atoms with Crippen LogP contribution in [0.3, 0.4) is 0 Å². The largest absolute Gasteiger partial charge is 0.315 e. The maximum absolute atomic E-state index is 11.2. The Morgan fingerprint density at radius 1 is 1.07 bits per heavy atom. The average molecular weight is 207 g/mol. The first-order valence-electron chi connectivity index (χ1n) is 5.63. The van der Waals surface area contributed by atoms with Crippen molar-refractivity contribution in [2.24, 2.45) is 0 Å². The summed E-state index contributed by atoms with van der Waals surface area (Å²) in [5, 5.41) is 0. The van der Waals surface area contributed by atoms with Crippen LogP contribution in [0.1, 0.15) is 33.3 Å². The number of likely N-dealkylation sites (N-methyl/N-ethyl adjacent to an activating group) is 1. The van der Waals surface area contributed by atoms with Gasteiger partial charge < -0.3 is 4.90 Å². The Bertz CT molecular complexity index is 307. The number of benzene rings is 1. The Labute approximate surface area is 92.9 Å². The summed E-state index contributed by atoms with van der Waals surface area (Å²) in [6, 6.07) is 7.89. The van der Waals surface area contributed by atoms with Crippen LogP contribution in [0.5, 0.6) is 0 Å². The SMILES string of the molecule is CC.CC.CN1C(=O)Cc2ccccc21. The number of fused-ring (bicyclic) bond motifs is 1. The summed E-state index contributed by atoms with van der Waals surface area (Å²) < 4.78 is 0. The van der Waals surface area contributed by atoms with Crippen LogP contribution in [-0.2, 0) is 11.2 Å². The molecule has 0 aliphatic carbocycles. The van der Waals surface area contributed by atoms with Crippen molar-refractivity contribution >= 4 is 11.6 Å². The van der Waals surface area contributed by atoms with Gasteiger partial charge in [-0.05, 0) is 11.6 Å². The number of hydrogen-bond acceptors (Lipinski definition) is 1. The molecule has 0 N–H and O–H groups in total. The summed E-state index contributed by atoms with van der Waals surface area (Å²) in [7, 11) is 1.81. The predicted molar refractivity (Wildman–Crippen MR) is 66.3 cm³/mol. The molecule has 0 spiro atoms. The molecule has 1 amide bonds. The zero-order chi connectivity index (χ0) is 11.8. The van der Waals surface area contributed by atoms with Crippen LogP contribution in [0, 0.1) is 0 Å². The van der Waals surface area contributed by atoms with Gasteiger partial charge in [-0.2, -0.15) is 0 Å². The minimum absolute atomic E-state index is 0.186. The number of carbonyl (C=O) groups excluding carboxylic acids is 1. The highest BCUT2D eigenvalue weighted by atomic mass is 16.2. The first-order valence-corrected chi connectivity index (χ1v) is 5.63. The number of carbonyl (C=O) groups is 1. The van der Waals surface area contributed by atoms with Gasteiger partial charge in [-0.25, -0.2) is 0 Å². The summed E-state index contributed by atoms with van der Waals surface area (Å²) in [4.78, 5) is 12.9. The molecule has 84 valence electrons. The van der Waals surface area contributed by atoms with Gasteiger partial charge in [0.25, 0.3) is 0 Å². The molecule has 0 saturated carbocycles. The third kappa shape index (κ3) is 3.08. The van der Waals surface area contributed by atoms with Gasteiger partial charge >= 0.3 is 0 Å². The lowest BCUT2D eigenvalue weighted by molar-refractivity contribution is -0.117. The van der Waals surface area contributed by atoms with Crippen molar-refractivity contribution in [2.75, 3.05) is 11.9 Å². The lowest BCUT2D eigenvalue weighted by Crippen LogP contribution is -2.20. The van der Waals surface area contributed by atoms with Gasteiger partial charge in [0.1, 0.15) is 0 Å². The van der Waals surface area contributed by atoms with Gasteiger partial charge in [-0.1, -0.05) is 45.9 Å². The molecule has 1 aromatic rings. The monoisotopic (exact) mass is 207 g/mol. The summed E-state index contributed by atoms with van der Waals surface area (Å²) >= 11 is 0. The molecule has 2 rings (SSSR count). The van der Waals surface area contributed by atoms with E-state index in [2.05, 4.69) is 0 Å². The minimum atomic E-state index is 0.186. The molecule has 0 fully saturated rings. The molecule has 1 aliphatic rings. The Morgan fingerprint density at radius 3 is 2.13 bits per heavy atom.